The Kier molecular flexibility index (Phi) is 6.36. The fraction of sp³-hybridized carbons (Fsp3) is 0.133. The predicted molar refractivity (Wildman–Crippen MR) is 87.8 cm³/mol. The molecule has 106 valence electrons. The molecule has 0 aromatic heterocycles. The van der Waals surface area contributed by atoms with Crippen LogP contribution in [0.3, 0.4) is 0 Å². The molecule has 0 amide bonds. The van der Waals surface area contributed by atoms with Crippen molar-refractivity contribution >= 4 is 35.5 Å². The van der Waals surface area contributed by atoms with Crippen LogP contribution in [-0.4, -0.2) is 20.0 Å². The Morgan fingerprint density at radius 2 is 1.65 bits per heavy atom. The fourth-order valence-electron chi connectivity index (χ4n) is 1.68. The van der Waals surface area contributed by atoms with Gasteiger partial charge >= 0.3 is 0 Å². The highest BCUT2D eigenvalue weighted by molar-refractivity contribution is 6.30. The van der Waals surface area contributed by atoms with Crippen LogP contribution in [0.4, 0.5) is 5.69 Å². The number of hydrogen-bond donors (Lipinski definition) is 1. The number of amidine groups is 1. The van der Waals surface area contributed by atoms with Gasteiger partial charge in [-0.05, 0) is 48.5 Å². The quantitative estimate of drug-likeness (QED) is 0.679. The van der Waals surface area contributed by atoms with Crippen LogP contribution < -0.4 is 10.1 Å². The average Bonchev–Trinajstić information content (AvgIpc) is 2.46. The number of nitrogens with zero attached hydrogens (tertiary/aromatic N) is 1. The van der Waals surface area contributed by atoms with Gasteiger partial charge in [-0.1, -0.05) is 11.6 Å². The topological polar surface area (TPSA) is 33.6 Å². The fourth-order valence-corrected chi connectivity index (χ4v) is 1.80. The number of rotatable bonds is 3. The maximum absolute atomic E-state index is 5.88. The highest BCUT2D eigenvalue weighted by Crippen LogP contribution is 2.17. The summed E-state index contributed by atoms with van der Waals surface area (Å²) in [7, 11) is 3.40. The summed E-state index contributed by atoms with van der Waals surface area (Å²) in [6, 6.07) is 15.2. The molecule has 0 spiro atoms. The molecule has 2 aromatic carbocycles. The zero-order chi connectivity index (χ0) is 13.7. The van der Waals surface area contributed by atoms with E-state index in [2.05, 4.69) is 10.3 Å². The van der Waals surface area contributed by atoms with Gasteiger partial charge in [0.2, 0.25) is 0 Å². The van der Waals surface area contributed by atoms with Crippen LogP contribution in [0.2, 0.25) is 5.02 Å². The van der Waals surface area contributed by atoms with Gasteiger partial charge in [-0.2, -0.15) is 0 Å². The van der Waals surface area contributed by atoms with Gasteiger partial charge in [0, 0.05) is 23.3 Å². The van der Waals surface area contributed by atoms with Crippen molar-refractivity contribution in [1.82, 2.24) is 0 Å². The normalized spacial score (nSPS) is 10.7. The molecule has 2 rings (SSSR count). The van der Waals surface area contributed by atoms with Crippen LogP contribution in [0.5, 0.6) is 5.75 Å². The zero-order valence-electron chi connectivity index (χ0n) is 11.3. The van der Waals surface area contributed by atoms with Gasteiger partial charge in [-0.3, -0.25) is 4.99 Å². The Labute approximate surface area is 130 Å². The molecule has 0 saturated carbocycles. The van der Waals surface area contributed by atoms with Crippen molar-refractivity contribution in [1.29, 1.82) is 0 Å². The molecular formula is C15H16Cl2N2O. The zero-order valence-corrected chi connectivity index (χ0v) is 12.8. The Bertz CT molecular complexity index is 565. The summed E-state index contributed by atoms with van der Waals surface area (Å²) in [6.45, 7) is 0. The van der Waals surface area contributed by atoms with Crippen LogP contribution in [0.1, 0.15) is 5.56 Å². The van der Waals surface area contributed by atoms with Crippen LogP contribution in [0.15, 0.2) is 53.5 Å². The summed E-state index contributed by atoms with van der Waals surface area (Å²) in [5, 5.41) is 3.98. The van der Waals surface area contributed by atoms with E-state index >= 15 is 0 Å². The molecule has 0 radical (unpaired) electrons. The molecule has 3 nitrogen and oxygen atoms in total. The van der Waals surface area contributed by atoms with E-state index in [1.165, 1.54) is 0 Å². The SMILES string of the molecule is CN=C(Nc1ccc(OC)cc1)c1ccc(Cl)cc1.Cl. The van der Waals surface area contributed by atoms with E-state index in [4.69, 9.17) is 16.3 Å². The van der Waals surface area contributed by atoms with E-state index in [1.807, 2.05) is 48.5 Å². The van der Waals surface area contributed by atoms with Crippen molar-refractivity contribution in [3.63, 3.8) is 0 Å². The highest BCUT2D eigenvalue weighted by Gasteiger charge is 2.03. The number of methoxy groups -OCH3 is 1. The third-order valence-corrected chi connectivity index (χ3v) is 2.95. The Morgan fingerprint density at radius 1 is 1.05 bits per heavy atom. The Hall–Kier alpha value is -1.71. The van der Waals surface area contributed by atoms with Crippen LogP contribution in [0.25, 0.3) is 0 Å². The van der Waals surface area contributed by atoms with Gasteiger partial charge in [0.05, 0.1) is 7.11 Å². The monoisotopic (exact) mass is 310 g/mol. The number of hydrogen-bond acceptors (Lipinski definition) is 2. The minimum atomic E-state index is 0. The molecule has 0 heterocycles. The van der Waals surface area contributed by atoms with E-state index in [-0.39, 0.29) is 12.4 Å². The first kappa shape index (κ1) is 16.3. The van der Waals surface area contributed by atoms with E-state index in [9.17, 15) is 0 Å². The summed E-state index contributed by atoms with van der Waals surface area (Å²) in [5.74, 6) is 1.62. The van der Waals surface area contributed by atoms with Gasteiger partial charge < -0.3 is 10.1 Å². The molecule has 20 heavy (non-hydrogen) atoms. The number of benzene rings is 2. The van der Waals surface area contributed by atoms with Crippen molar-refractivity contribution < 1.29 is 4.74 Å². The molecular weight excluding hydrogens is 295 g/mol. The minimum absolute atomic E-state index is 0. The van der Waals surface area contributed by atoms with E-state index in [0.717, 1.165) is 22.8 Å². The molecule has 0 unspecified atom stereocenters. The third-order valence-electron chi connectivity index (χ3n) is 2.69. The first-order chi connectivity index (χ1) is 9.22. The van der Waals surface area contributed by atoms with Gasteiger partial charge in [-0.25, -0.2) is 0 Å². The summed E-state index contributed by atoms with van der Waals surface area (Å²) in [5.41, 5.74) is 1.94. The van der Waals surface area contributed by atoms with Gasteiger partial charge in [0.15, 0.2) is 0 Å². The molecule has 2 aromatic rings. The van der Waals surface area contributed by atoms with Crippen molar-refractivity contribution in [3.8, 4) is 5.75 Å². The minimum Gasteiger partial charge on any atom is -0.497 e. The number of halogens is 2. The number of aliphatic imine (C=N–C) groups is 1. The highest BCUT2D eigenvalue weighted by atomic mass is 35.5. The summed E-state index contributed by atoms with van der Waals surface area (Å²) >= 11 is 5.88. The smallest absolute Gasteiger partial charge is 0.132 e. The Balaban J connectivity index is 0.00000200. The first-order valence-corrected chi connectivity index (χ1v) is 6.24. The lowest BCUT2D eigenvalue weighted by Crippen LogP contribution is -2.13. The van der Waals surface area contributed by atoms with Crippen molar-refractivity contribution in [3.05, 3.63) is 59.1 Å². The van der Waals surface area contributed by atoms with Gasteiger partial charge in [0.1, 0.15) is 11.6 Å². The van der Waals surface area contributed by atoms with Gasteiger partial charge in [-0.15, -0.1) is 12.4 Å². The lowest BCUT2D eigenvalue weighted by molar-refractivity contribution is 0.415. The summed E-state index contributed by atoms with van der Waals surface area (Å²) in [4.78, 5) is 4.26. The molecule has 0 fully saturated rings. The van der Waals surface area contributed by atoms with Crippen molar-refractivity contribution in [2.45, 2.75) is 0 Å². The second-order valence-electron chi connectivity index (χ2n) is 3.93. The maximum atomic E-state index is 5.88. The maximum Gasteiger partial charge on any atom is 0.132 e. The van der Waals surface area contributed by atoms with Crippen LogP contribution >= 0.6 is 24.0 Å². The molecule has 0 aliphatic rings. The lowest BCUT2D eigenvalue weighted by Gasteiger charge is -2.10. The molecule has 1 N–H and O–H groups in total. The number of anilines is 1. The van der Waals surface area contributed by atoms with Gasteiger partial charge in [0.25, 0.3) is 0 Å². The standard InChI is InChI=1S/C15H15ClN2O.ClH/c1-17-15(11-3-5-12(16)6-4-11)18-13-7-9-14(19-2)10-8-13;/h3-10H,1-2H3,(H,17,18);1H. The predicted octanol–water partition coefficient (Wildman–Crippen LogP) is 4.26. The first-order valence-electron chi connectivity index (χ1n) is 5.86. The van der Waals surface area contributed by atoms with E-state index in [1.54, 1.807) is 14.2 Å². The van der Waals surface area contributed by atoms with Crippen LogP contribution in [-0.2, 0) is 0 Å². The molecule has 0 bridgehead atoms. The molecule has 0 aliphatic carbocycles. The molecule has 0 atom stereocenters. The summed E-state index contributed by atoms with van der Waals surface area (Å²) < 4.78 is 5.13. The molecule has 0 saturated heterocycles. The molecule has 5 heteroatoms. The Morgan fingerprint density at radius 3 is 2.15 bits per heavy atom. The lowest BCUT2D eigenvalue weighted by atomic mass is 10.2. The van der Waals surface area contributed by atoms with Crippen molar-refractivity contribution in [2.75, 3.05) is 19.5 Å². The second-order valence-corrected chi connectivity index (χ2v) is 4.37. The van der Waals surface area contributed by atoms with E-state index < -0.39 is 0 Å². The number of ether oxygens (including phenoxy) is 1. The van der Waals surface area contributed by atoms with Crippen LogP contribution in [0, 0.1) is 0 Å². The van der Waals surface area contributed by atoms with E-state index in [0.29, 0.717) is 5.02 Å². The number of nitrogens with one attached hydrogen (secondary N) is 1. The second kappa shape index (κ2) is 7.78. The molecule has 0 aliphatic heterocycles. The average molecular weight is 311 g/mol. The third kappa shape index (κ3) is 4.15. The largest absolute Gasteiger partial charge is 0.497 e. The van der Waals surface area contributed by atoms with Crippen molar-refractivity contribution in [2.24, 2.45) is 4.99 Å². The summed E-state index contributed by atoms with van der Waals surface area (Å²) in [6.07, 6.45) is 0.